The van der Waals surface area contributed by atoms with Gasteiger partial charge in [-0.1, -0.05) is 12.1 Å². The SMILES string of the molecule is CCC(C)N(CC(=O)O)C(=O)c1noc2c1CCCC2. The van der Waals surface area contributed by atoms with Gasteiger partial charge in [0.25, 0.3) is 5.91 Å². The Morgan fingerprint density at radius 1 is 1.40 bits per heavy atom. The Balaban J connectivity index is 2.27. The number of hydrogen-bond donors (Lipinski definition) is 1. The zero-order chi connectivity index (χ0) is 14.7. The highest BCUT2D eigenvalue weighted by molar-refractivity contribution is 5.95. The van der Waals surface area contributed by atoms with Crippen molar-refractivity contribution in [1.82, 2.24) is 10.1 Å². The summed E-state index contributed by atoms with van der Waals surface area (Å²) >= 11 is 0. The molecule has 0 radical (unpaired) electrons. The topological polar surface area (TPSA) is 83.6 Å². The molecule has 0 aliphatic heterocycles. The number of aryl methyl sites for hydroxylation is 1. The van der Waals surface area contributed by atoms with Crippen LogP contribution in [-0.4, -0.2) is 39.6 Å². The van der Waals surface area contributed by atoms with Crippen molar-refractivity contribution in [3.05, 3.63) is 17.0 Å². The van der Waals surface area contributed by atoms with Gasteiger partial charge in [-0.2, -0.15) is 0 Å². The molecule has 20 heavy (non-hydrogen) atoms. The Bertz CT molecular complexity index is 509. The molecule has 6 heteroatoms. The summed E-state index contributed by atoms with van der Waals surface area (Å²) in [5.74, 6) is -0.580. The zero-order valence-corrected chi connectivity index (χ0v) is 11.9. The maximum atomic E-state index is 12.6. The van der Waals surface area contributed by atoms with Crippen LogP contribution in [0.25, 0.3) is 0 Å². The highest BCUT2D eigenvalue weighted by Gasteiger charge is 2.30. The summed E-state index contributed by atoms with van der Waals surface area (Å²) in [5.41, 5.74) is 1.15. The number of amides is 1. The maximum absolute atomic E-state index is 12.6. The Morgan fingerprint density at radius 2 is 2.10 bits per heavy atom. The van der Waals surface area contributed by atoms with Gasteiger partial charge >= 0.3 is 5.97 Å². The summed E-state index contributed by atoms with van der Waals surface area (Å²) in [4.78, 5) is 24.9. The maximum Gasteiger partial charge on any atom is 0.323 e. The number of aliphatic carboxylic acids is 1. The minimum Gasteiger partial charge on any atom is -0.480 e. The number of fused-ring (bicyclic) bond motifs is 1. The van der Waals surface area contributed by atoms with Crippen LogP contribution in [0.3, 0.4) is 0 Å². The van der Waals surface area contributed by atoms with Crippen LogP contribution in [0, 0.1) is 0 Å². The van der Waals surface area contributed by atoms with E-state index < -0.39 is 5.97 Å². The van der Waals surface area contributed by atoms with Crippen molar-refractivity contribution in [3.8, 4) is 0 Å². The molecular weight excluding hydrogens is 260 g/mol. The number of carboxylic acids is 1. The average molecular weight is 280 g/mol. The Labute approximate surface area is 117 Å². The fraction of sp³-hybridized carbons (Fsp3) is 0.643. The van der Waals surface area contributed by atoms with E-state index in [0.29, 0.717) is 12.1 Å². The molecule has 1 N–H and O–H groups in total. The lowest BCUT2D eigenvalue weighted by molar-refractivity contribution is -0.138. The van der Waals surface area contributed by atoms with Gasteiger partial charge in [-0.3, -0.25) is 9.59 Å². The second kappa shape index (κ2) is 6.07. The van der Waals surface area contributed by atoms with Gasteiger partial charge in [-0.25, -0.2) is 0 Å². The van der Waals surface area contributed by atoms with E-state index in [0.717, 1.165) is 37.0 Å². The Morgan fingerprint density at radius 3 is 2.75 bits per heavy atom. The normalized spacial score (nSPS) is 15.5. The van der Waals surface area contributed by atoms with E-state index in [2.05, 4.69) is 5.16 Å². The van der Waals surface area contributed by atoms with E-state index in [-0.39, 0.29) is 18.5 Å². The van der Waals surface area contributed by atoms with Crippen molar-refractivity contribution in [3.63, 3.8) is 0 Å². The third-order valence-electron chi connectivity index (χ3n) is 3.84. The quantitative estimate of drug-likeness (QED) is 0.890. The minimum absolute atomic E-state index is 0.144. The molecular formula is C14H20N2O4. The molecule has 0 bridgehead atoms. The van der Waals surface area contributed by atoms with Crippen molar-refractivity contribution in [1.29, 1.82) is 0 Å². The number of carboxylic acid groups (broad SMARTS) is 1. The van der Waals surface area contributed by atoms with E-state index in [4.69, 9.17) is 9.63 Å². The summed E-state index contributed by atoms with van der Waals surface area (Å²) in [6.07, 6.45) is 4.33. The first-order valence-electron chi connectivity index (χ1n) is 7.04. The van der Waals surface area contributed by atoms with Crippen molar-refractivity contribution in [2.45, 2.75) is 52.0 Å². The molecule has 2 rings (SSSR count). The van der Waals surface area contributed by atoms with E-state index in [9.17, 15) is 9.59 Å². The first-order valence-corrected chi connectivity index (χ1v) is 7.04. The van der Waals surface area contributed by atoms with Crippen LogP contribution in [0.4, 0.5) is 0 Å². The third-order valence-corrected chi connectivity index (χ3v) is 3.84. The van der Waals surface area contributed by atoms with E-state index >= 15 is 0 Å². The van der Waals surface area contributed by atoms with Crippen LogP contribution in [0.1, 0.15) is 54.9 Å². The van der Waals surface area contributed by atoms with Crippen LogP contribution >= 0.6 is 0 Å². The van der Waals surface area contributed by atoms with Gasteiger partial charge in [0.2, 0.25) is 0 Å². The molecule has 0 saturated carbocycles. The summed E-state index contributed by atoms with van der Waals surface area (Å²) in [6, 6.07) is -0.144. The smallest absolute Gasteiger partial charge is 0.323 e. The molecule has 1 unspecified atom stereocenters. The van der Waals surface area contributed by atoms with Gasteiger partial charge < -0.3 is 14.5 Å². The molecule has 1 aromatic heterocycles. The largest absolute Gasteiger partial charge is 0.480 e. The predicted molar refractivity (Wildman–Crippen MR) is 71.6 cm³/mol. The molecule has 1 heterocycles. The van der Waals surface area contributed by atoms with E-state index in [1.54, 1.807) is 0 Å². The summed E-state index contributed by atoms with van der Waals surface area (Å²) < 4.78 is 5.23. The van der Waals surface area contributed by atoms with Gasteiger partial charge in [0.1, 0.15) is 12.3 Å². The predicted octanol–water partition coefficient (Wildman–Crippen LogP) is 1.88. The number of rotatable bonds is 5. The highest BCUT2D eigenvalue weighted by atomic mass is 16.5. The highest BCUT2D eigenvalue weighted by Crippen LogP contribution is 2.25. The fourth-order valence-electron chi connectivity index (χ4n) is 2.48. The molecule has 0 aromatic carbocycles. The second-order valence-corrected chi connectivity index (χ2v) is 5.22. The number of aromatic nitrogens is 1. The van der Waals surface area contributed by atoms with Crippen molar-refractivity contribution in [2.75, 3.05) is 6.54 Å². The molecule has 1 atom stereocenters. The van der Waals surface area contributed by atoms with Crippen LogP contribution in [0.15, 0.2) is 4.52 Å². The summed E-state index contributed by atoms with van der Waals surface area (Å²) in [5, 5.41) is 12.9. The first kappa shape index (κ1) is 14.6. The van der Waals surface area contributed by atoms with Gasteiger partial charge in [0.15, 0.2) is 5.69 Å². The molecule has 1 aromatic rings. The minimum atomic E-state index is -1.02. The second-order valence-electron chi connectivity index (χ2n) is 5.22. The van der Waals surface area contributed by atoms with Crippen LogP contribution < -0.4 is 0 Å². The first-order chi connectivity index (χ1) is 9.54. The van der Waals surface area contributed by atoms with Crippen LogP contribution in [0.2, 0.25) is 0 Å². The average Bonchev–Trinajstić information content (AvgIpc) is 2.87. The standard InChI is InChI=1S/C14H20N2O4/c1-3-9(2)16(8-12(17)18)14(19)13-10-6-4-5-7-11(10)20-15-13/h9H,3-8H2,1-2H3,(H,17,18). The molecule has 1 aliphatic carbocycles. The monoisotopic (exact) mass is 280 g/mol. The molecule has 0 fully saturated rings. The van der Waals surface area contributed by atoms with E-state index in [1.165, 1.54) is 4.90 Å². The molecule has 6 nitrogen and oxygen atoms in total. The Kier molecular flexibility index (Phi) is 4.42. The molecule has 1 aliphatic rings. The number of carbonyl (C=O) groups excluding carboxylic acids is 1. The zero-order valence-electron chi connectivity index (χ0n) is 11.9. The summed E-state index contributed by atoms with van der Waals surface area (Å²) in [7, 11) is 0. The van der Waals surface area contributed by atoms with Crippen molar-refractivity contribution in [2.24, 2.45) is 0 Å². The van der Waals surface area contributed by atoms with Gasteiger partial charge in [-0.15, -0.1) is 0 Å². The molecule has 110 valence electrons. The Hall–Kier alpha value is -1.85. The lowest BCUT2D eigenvalue weighted by atomic mass is 9.96. The van der Waals surface area contributed by atoms with Crippen molar-refractivity contribution < 1.29 is 19.2 Å². The van der Waals surface area contributed by atoms with Gasteiger partial charge in [0, 0.05) is 18.0 Å². The van der Waals surface area contributed by atoms with Crippen molar-refractivity contribution >= 4 is 11.9 Å². The summed E-state index contributed by atoms with van der Waals surface area (Å²) in [6.45, 7) is 3.45. The molecule has 0 saturated heterocycles. The molecule has 0 spiro atoms. The van der Waals surface area contributed by atoms with Gasteiger partial charge in [0.05, 0.1) is 0 Å². The van der Waals surface area contributed by atoms with Crippen LogP contribution in [-0.2, 0) is 17.6 Å². The van der Waals surface area contributed by atoms with Gasteiger partial charge in [-0.05, 0) is 32.6 Å². The lowest BCUT2D eigenvalue weighted by Crippen LogP contribution is -2.42. The number of nitrogens with zero attached hydrogens (tertiary/aromatic N) is 2. The van der Waals surface area contributed by atoms with E-state index in [1.807, 2.05) is 13.8 Å². The number of carbonyl (C=O) groups is 2. The van der Waals surface area contributed by atoms with Crippen LogP contribution in [0.5, 0.6) is 0 Å². The number of hydrogen-bond acceptors (Lipinski definition) is 4. The fourth-order valence-corrected chi connectivity index (χ4v) is 2.48. The third kappa shape index (κ3) is 2.84. The molecule has 1 amide bonds. The lowest BCUT2D eigenvalue weighted by Gasteiger charge is -2.26.